The minimum atomic E-state index is -4.08. The summed E-state index contributed by atoms with van der Waals surface area (Å²) in [5.41, 5.74) is 0. The van der Waals surface area contributed by atoms with E-state index in [-0.39, 0.29) is 6.10 Å². The van der Waals surface area contributed by atoms with Crippen LogP contribution < -0.4 is 9.88 Å². The minimum absolute atomic E-state index is 0.0137. The SMILES string of the molecule is CC1CC(C)CC(Oc2cc(F)c(S(N)(=O)=O)cc2Br)C1. The number of ether oxygens (including phenoxy) is 1. The first-order chi connectivity index (χ1) is 9.66. The Morgan fingerprint density at radius 2 is 1.81 bits per heavy atom. The lowest BCUT2D eigenvalue weighted by atomic mass is 9.82. The molecule has 0 bridgehead atoms. The molecule has 0 aliphatic heterocycles. The number of halogens is 2. The molecule has 2 rings (SSSR count). The van der Waals surface area contributed by atoms with Crippen molar-refractivity contribution in [2.45, 2.75) is 44.1 Å². The van der Waals surface area contributed by atoms with Gasteiger partial charge in [0, 0.05) is 6.07 Å². The Kier molecular flexibility index (Phi) is 4.95. The molecule has 2 atom stereocenters. The Hall–Kier alpha value is -0.660. The maximum absolute atomic E-state index is 13.9. The molecule has 0 heterocycles. The van der Waals surface area contributed by atoms with Gasteiger partial charge in [0.2, 0.25) is 10.0 Å². The lowest BCUT2D eigenvalue weighted by Crippen LogP contribution is -2.28. The molecule has 1 aromatic carbocycles. The monoisotopic (exact) mass is 379 g/mol. The van der Waals surface area contributed by atoms with E-state index >= 15 is 0 Å². The van der Waals surface area contributed by atoms with E-state index < -0.39 is 20.7 Å². The quantitative estimate of drug-likeness (QED) is 0.874. The van der Waals surface area contributed by atoms with Crippen LogP contribution in [0.3, 0.4) is 0 Å². The Morgan fingerprint density at radius 1 is 1.24 bits per heavy atom. The van der Waals surface area contributed by atoms with Crippen LogP contribution >= 0.6 is 15.9 Å². The summed E-state index contributed by atoms with van der Waals surface area (Å²) in [6.45, 7) is 4.34. The molecular weight excluding hydrogens is 361 g/mol. The predicted octanol–water partition coefficient (Wildman–Crippen LogP) is 3.44. The number of rotatable bonds is 3. The summed E-state index contributed by atoms with van der Waals surface area (Å²) >= 11 is 3.22. The number of sulfonamides is 1. The summed E-state index contributed by atoms with van der Waals surface area (Å²) in [6, 6.07) is 2.23. The second kappa shape index (κ2) is 6.22. The van der Waals surface area contributed by atoms with Crippen LogP contribution in [0.1, 0.15) is 33.1 Å². The zero-order valence-corrected chi connectivity index (χ0v) is 14.4. The maximum atomic E-state index is 13.9. The van der Waals surface area contributed by atoms with Gasteiger partial charge in [0.15, 0.2) is 0 Å². The normalized spacial score (nSPS) is 26.6. The molecule has 118 valence electrons. The molecule has 21 heavy (non-hydrogen) atoms. The zero-order chi connectivity index (χ0) is 15.8. The average Bonchev–Trinajstić information content (AvgIpc) is 2.30. The van der Waals surface area contributed by atoms with E-state index in [1.54, 1.807) is 0 Å². The number of hydrogen-bond donors (Lipinski definition) is 1. The smallest absolute Gasteiger partial charge is 0.241 e. The van der Waals surface area contributed by atoms with Crippen molar-refractivity contribution in [3.63, 3.8) is 0 Å². The molecular formula is C14H19BrFNO3S. The fraction of sp³-hybridized carbons (Fsp3) is 0.571. The maximum Gasteiger partial charge on any atom is 0.241 e. The third kappa shape index (κ3) is 4.17. The molecule has 0 aromatic heterocycles. The Bertz CT molecular complexity index is 625. The Labute approximate surface area is 133 Å². The van der Waals surface area contributed by atoms with Gasteiger partial charge in [-0.2, -0.15) is 0 Å². The number of nitrogens with two attached hydrogens (primary N) is 1. The van der Waals surface area contributed by atoms with Gasteiger partial charge in [0.05, 0.1) is 10.6 Å². The van der Waals surface area contributed by atoms with Gasteiger partial charge in [0.1, 0.15) is 16.5 Å². The van der Waals surface area contributed by atoms with E-state index in [1.807, 2.05) is 0 Å². The third-order valence-electron chi connectivity index (χ3n) is 3.72. The van der Waals surface area contributed by atoms with Crippen molar-refractivity contribution in [3.8, 4) is 5.75 Å². The predicted molar refractivity (Wildman–Crippen MR) is 82.1 cm³/mol. The van der Waals surface area contributed by atoms with Crippen molar-refractivity contribution in [2.24, 2.45) is 17.0 Å². The zero-order valence-electron chi connectivity index (χ0n) is 12.0. The molecule has 2 N–H and O–H groups in total. The number of benzene rings is 1. The highest BCUT2D eigenvalue weighted by molar-refractivity contribution is 9.10. The average molecular weight is 380 g/mol. The standard InChI is InChI=1S/C14H19BrFNO3S/c1-8-3-9(2)5-10(4-8)20-13-7-12(16)14(6-11(13)15)21(17,18)19/h6-10H,3-5H2,1-2H3,(H2,17,18,19). The van der Waals surface area contributed by atoms with Crippen molar-refractivity contribution >= 4 is 26.0 Å². The van der Waals surface area contributed by atoms with Crippen LogP contribution in [-0.2, 0) is 10.0 Å². The summed E-state index contributed by atoms with van der Waals surface area (Å²) in [5.74, 6) is 0.538. The van der Waals surface area contributed by atoms with Gasteiger partial charge < -0.3 is 4.74 Å². The van der Waals surface area contributed by atoms with E-state index in [2.05, 4.69) is 29.8 Å². The van der Waals surface area contributed by atoms with Crippen molar-refractivity contribution < 1.29 is 17.5 Å². The highest BCUT2D eigenvalue weighted by Gasteiger charge is 2.26. The van der Waals surface area contributed by atoms with Crippen molar-refractivity contribution in [1.29, 1.82) is 0 Å². The van der Waals surface area contributed by atoms with Gasteiger partial charge in [-0.1, -0.05) is 13.8 Å². The third-order valence-corrected chi connectivity index (χ3v) is 5.27. The van der Waals surface area contributed by atoms with Crippen LogP contribution in [-0.4, -0.2) is 14.5 Å². The Balaban J connectivity index is 2.23. The summed E-state index contributed by atoms with van der Waals surface area (Å²) in [6.07, 6.45) is 3.00. The van der Waals surface area contributed by atoms with Gasteiger partial charge in [-0.3, -0.25) is 0 Å². The highest BCUT2D eigenvalue weighted by Crippen LogP contribution is 2.35. The van der Waals surface area contributed by atoms with Crippen LogP contribution in [0.4, 0.5) is 4.39 Å². The van der Waals surface area contributed by atoms with Crippen LogP contribution in [0.5, 0.6) is 5.75 Å². The van der Waals surface area contributed by atoms with Gasteiger partial charge >= 0.3 is 0 Å². The second-order valence-corrected chi connectivity index (χ2v) is 8.30. The summed E-state index contributed by atoms with van der Waals surface area (Å²) in [7, 11) is -4.08. The number of hydrogen-bond acceptors (Lipinski definition) is 3. The van der Waals surface area contributed by atoms with E-state index in [0.29, 0.717) is 22.1 Å². The van der Waals surface area contributed by atoms with E-state index in [1.165, 1.54) is 6.42 Å². The first-order valence-electron chi connectivity index (χ1n) is 6.85. The van der Waals surface area contributed by atoms with Gasteiger partial charge in [-0.25, -0.2) is 17.9 Å². The van der Waals surface area contributed by atoms with Crippen molar-refractivity contribution in [3.05, 3.63) is 22.4 Å². The van der Waals surface area contributed by atoms with Crippen molar-refractivity contribution in [1.82, 2.24) is 0 Å². The molecule has 0 spiro atoms. The minimum Gasteiger partial charge on any atom is -0.489 e. The van der Waals surface area contributed by atoms with Crippen LogP contribution in [0.15, 0.2) is 21.5 Å². The summed E-state index contributed by atoms with van der Waals surface area (Å²) < 4.78 is 42.7. The lowest BCUT2D eigenvalue weighted by molar-refractivity contribution is 0.0999. The lowest BCUT2D eigenvalue weighted by Gasteiger charge is -2.32. The molecule has 4 nitrogen and oxygen atoms in total. The molecule has 1 saturated carbocycles. The highest BCUT2D eigenvalue weighted by atomic mass is 79.9. The summed E-state index contributed by atoms with van der Waals surface area (Å²) in [4.78, 5) is -0.535. The van der Waals surface area contributed by atoms with E-state index in [9.17, 15) is 12.8 Å². The summed E-state index contributed by atoms with van der Waals surface area (Å²) in [5, 5.41) is 4.97. The molecule has 1 aliphatic rings. The fourth-order valence-corrected chi connectivity index (χ4v) is 4.17. The van der Waals surface area contributed by atoms with Crippen LogP contribution in [0.2, 0.25) is 0 Å². The second-order valence-electron chi connectivity index (χ2n) is 5.92. The molecule has 0 amide bonds. The molecule has 1 aliphatic carbocycles. The fourth-order valence-electron chi connectivity index (χ4n) is 2.97. The topological polar surface area (TPSA) is 69.4 Å². The van der Waals surface area contributed by atoms with E-state index in [4.69, 9.17) is 9.88 Å². The molecule has 0 radical (unpaired) electrons. The molecule has 0 saturated heterocycles. The van der Waals surface area contributed by atoms with E-state index in [0.717, 1.165) is 25.0 Å². The van der Waals surface area contributed by atoms with Gasteiger partial charge in [-0.05, 0) is 53.1 Å². The first kappa shape index (κ1) is 16.7. The largest absolute Gasteiger partial charge is 0.489 e. The van der Waals surface area contributed by atoms with Gasteiger partial charge in [0.25, 0.3) is 0 Å². The van der Waals surface area contributed by atoms with Crippen LogP contribution in [0.25, 0.3) is 0 Å². The van der Waals surface area contributed by atoms with Crippen LogP contribution in [0, 0.1) is 17.7 Å². The Morgan fingerprint density at radius 3 is 2.33 bits per heavy atom. The molecule has 2 unspecified atom stereocenters. The molecule has 1 aromatic rings. The van der Waals surface area contributed by atoms with Gasteiger partial charge in [-0.15, -0.1) is 0 Å². The molecule has 7 heteroatoms. The number of primary sulfonamides is 1. The molecule has 1 fully saturated rings. The van der Waals surface area contributed by atoms with Crippen molar-refractivity contribution in [2.75, 3.05) is 0 Å². The first-order valence-corrected chi connectivity index (χ1v) is 9.19.